The summed E-state index contributed by atoms with van der Waals surface area (Å²) in [5, 5.41) is 1.40. The number of nitrogens with two attached hydrogens (primary N) is 1. The van der Waals surface area contributed by atoms with E-state index in [-0.39, 0.29) is 5.52 Å². The van der Waals surface area contributed by atoms with Gasteiger partial charge in [-0.25, -0.2) is 0 Å². The molecule has 3 N–H and O–H groups in total. The Hall–Kier alpha value is -3.06. The average molecular weight is 413 g/mol. The minimum atomic E-state index is -4.44. The lowest BCUT2D eigenvalue weighted by Crippen LogP contribution is -2.05. The van der Waals surface area contributed by atoms with Crippen molar-refractivity contribution in [1.29, 1.82) is 0 Å². The number of hydrogen-bond acceptors (Lipinski definition) is 3. The second-order valence-corrected chi connectivity index (χ2v) is 7.17. The van der Waals surface area contributed by atoms with Crippen molar-refractivity contribution < 1.29 is 17.9 Å². The van der Waals surface area contributed by atoms with Crippen molar-refractivity contribution in [3.8, 4) is 17.0 Å². The van der Waals surface area contributed by atoms with Gasteiger partial charge in [0.05, 0.1) is 23.9 Å². The topological polar surface area (TPSA) is 63.9 Å². The van der Waals surface area contributed by atoms with E-state index in [1.165, 1.54) is 6.07 Å². The SMILES string of the molecule is COc1ccc(-c2[nH]c3c(C(F)(F)F)cccc3c2CCCCN)c2cccnc12. The smallest absolute Gasteiger partial charge is 0.418 e. The van der Waals surface area contributed by atoms with Gasteiger partial charge in [-0.05, 0) is 55.6 Å². The molecule has 0 amide bonds. The van der Waals surface area contributed by atoms with Crippen LogP contribution in [0.3, 0.4) is 0 Å². The summed E-state index contributed by atoms with van der Waals surface area (Å²) >= 11 is 0. The van der Waals surface area contributed by atoms with Crippen LogP contribution in [0, 0.1) is 0 Å². The Balaban J connectivity index is 2.01. The first-order valence-corrected chi connectivity index (χ1v) is 9.78. The molecule has 2 heterocycles. The Morgan fingerprint density at radius 1 is 1.03 bits per heavy atom. The highest BCUT2D eigenvalue weighted by Crippen LogP contribution is 2.41. The summed E-state index contributed by atoms with van der Waals surface area (Å²) < 4.78 is 46.4. The molecule has 0 saturated carbocycles. The van der Waals surface area contributed by atoms with Gasteiger partial charge in [-0.15, -0.1) is 0 Å². The summed E-state index contributed by atoms with van der Waals surface area (Å²) in [5.74, 6) is 0.617. The van der Waals surface area contributed by atoms with Gasteiger partial charge in [0.25, 0.3) is 0 Å². The summed E-state index contributed by atoms with van der Waals surface area (Å²) in [6.07, 6.45) is -0.555. The summed E-state index contributed by atoms with van der Waals surface area (Å²) in [5.41, 5.74) is 8.09. The standard InChI is InChI=1S/C23H22F3N3O/c1-30-19-11-10-17(16-8-5-13-28-22(16)19)20-14(6-2-3-12-27)15-7-4-9-18(21(15)29-20)23(24,25)26/h4-5,7-11,13,29H,2-3,6,12,27H2,1H3. The molecule has 4 aromatic rings. The third-order valence-corrected chi connectivity index (χ3v) is 5.35. The number of aryl methyl sites for hydroxylation is 1. The van der Waals surface area contributed by atoms with Crippen molar-refractivity contribution in [2.45, 2.75) is 25.4 Å². The van der Waals surface area contributed by atoms with Crippen LogP contribution in [-0.4, -0.2) is 23.6 Å². The Labute approximate surface area is 171 Å². The predicted octanol–water partition coefficient (Wildman–Crippen LogP) is 5.69. The Morgan fingerprint density at radius 3 is 2.57 bits per heavy atom. The van der Waals surface area contributed by atoms with Gasteiger partial charge in [-0.2, -0.15) is 13.2 Å². The molecule has 0 unspecified atom stereocenters. The van der Waals surface area contributed by atoms with E-state index in [4.69, 9.17) is 10.5 Å². The van der Waals surface area contributed by atoms with Crippen molar-refractivity contribution >= 4 is 21.8 Å². The number of rotatable bonds is 6. The number of hydrogen-bond donors (Lipinski definition) is 2. The minimum Gasteiger partial charge on any atom is -0.494 e. The van der Waals surface area contributed by atoms with E-state index in [1.54, 1.807) is 25.4 Å². The molecule has 0 saturated heterocycles. The molecule has 4 rings (SSSR count). The zero-order chi connectivity index (χ0) is 21.3. The van der Waals surface area contributed by atoms with E-state index < -0.39 is 11.7 Å². The van der Waals surface area contributed by atoms with E-state index in [9.17, 15) is 13.2 Å². The number of pyridine rings is 1. The lowest BCUT2D eigenvalue weighted by molar-refractivity contribution is -0.136. The van der Waals surface area contributed by atoms with Crippen molar-refractivity contribution in [1.82, 2.24) is 9.97 Å². The highest BCUT2D eigenvalue weighted by atomic mass is 19.4. The number of fused-ring (bicyclic) bond motifs is 2. The van der Waals surface area contributed by atoms with E-state index in [0.717, 1.165) is 35.4 Å². The molecule has 0 spiro atoms. The molecule has 0 bridgehead atoms. The molecular formula is C23H22F3N3O. The van der Waals surface area contributed by atoms with Gasteiger partial charge < -0.3 is 15.5 Å². The van der Waals surface area contributed by atoms with Gasteiger partial charge in [0.1, 0.15) is 11.3 Å². The van der Waals surface area contributed by atoms with E-state index in [1.807, 2.05) is 18.2 Å². The molecule has 30 heavy (non-hydrogen) atoms. The number of methoxy groups -OCH3 is 1. The number of alkyl halides is 3. The molecule has 2 aromatic heterocycles. The first-order chi connectivity index (χ1) is 14.5. The summed E-state index contributed by atoms with van der Waals surface area (Å²) in [6.45, 7) is 0.543. The Morgan fingerprint density at radius 2 is 1.83 bits per heavy atom. The Bertz CT molecular complexity index is 1200. The average Bonchev–Trinajstić information content (AvgIpc) is 3.10. The number of para-hydroxylation sites is 1. The van der Waals surface area contributed by atoms with Gasteiger partial charge in [-0.3, -0.25) is 4.98 Å². The van der Waals surface area contributed by atoms with Crippen LogP contribution >= 0.6 is 0 Å². The van der Waals surface area contributed by atoms with E-state index >= 15 is 0 Å². The van der Waals surface area contributed by atoms with E-state index in [0.29, 0.717) is 35.3 Å². The lowest BCUT2D eigenvalue weighted by atomic mass is 9.97. The monoisotopic (exact) mass is 413 g/mol. The molecule has 0 aliphatic rings. The third-order valence-electron chi connectivity index (χ3n) is 5.35. The summed E-state index contributed by atoms with van der Waals surface area (Å²) in [7, 11) is 1.57. The highest BCUT2D eigenvalue weighted by Gasteiger charge is 2.34. The number of aromatic amines is 1. The van der Waals surface area contributed by atoms with Crippen LogP contribution in [0.25, 0.3) is 33.1 Å². The molecule has 0 aliphatic heterocycles. The second kappa shape index (κ2) is 7.99. The number of H-pyrrole nitrogens is 1. The first-order valence-electron chi connectivity index (χ1n) is 9.78. The van der Waals surface area contributed by atoms with E-state index in [2.05, 4.69) is 9.97 Å². The van der Waals surface area contributed by atoms with Gasteiger partial charge in [0.2, 0.25) is 0 Å². The molecule has 7 heteroatoms. The second-order valence-electron chi connectivity index (χ2n) is 7.17. The Kier molecular flexibility index (Phi) is 5.39. The third kappa shape index (κ3) is 3.50. The molecule has 156 valence electrons. The predicted molar refractivity (Wildman–Crippen MR) is 113 cm³/mol. The van der Waals surface area contributed by atoms with Gasteiger partial charge in [-0.1, -0.05) is 18.2 Å². The molecule has 4 nitrogen and oxygen atoms in total. The lowest BCUT2D eigenvalue weighted by Gasteiger charge is -2.11. The first kappa shape index (κ1) is 20.2. The maximum Gasteiger partial charge on any atom is 0.418 e. The zero-order valence-electron chi connectivity index (χ0n) is 16.5. The number of nitrogens with zero attached hydrogens (tertiary/aromatic N) is 1. The number of nitrogens with one attached hydrogen (secondary N) is 1. The van der Waals surface area contributed by atoms with Crippen molar-refractivity contribution in [2.75, 3.05) is 13.7 Å². The number of ether oxygens (including phenoxy) is 1. The van der Waals surface area contributed by atoms with Crippen LogP contribution in [0.1, 0.15) is 24.0 Å². The minimum absolute atomic E-state index is 0.107. The number of aromatic nitrogens is 2. The maximum absolute atomic E-state index is 13.7. The number of halogens is 3. The van der Waals surface area contributed by atoms with Crippen molar-refractivity contribution in [2.24, 2.45) is 5.73 Å². The highest BCUT2D eigenvalue weighted by molar-refractivity contribution is 6.02. The fraction of sp³-hybridized carbons (Fsp3) is 0.261. The quantitative estimate of drug-likeness (QED) is 0.399. The van der Waals surface area contributed by atoms with Crippen molar-refractivity contribution in [3.63, 3.8) is 0 Å². The molecule has 0 aliphatic carbocycles. The molecular weight excluding hydrogens is 391 g/mol. The van der Waals surface area contributed by atoms with Crippen LogP contribution in [0.4, 0.5) is 13.2 Å². The van der Waals surface area contributed by atoms with Gasteiger partial charge in [0.15, 0.2) is 0 Å². The molecule has 0 radical (unpaired) electrons. The fourth-order valence-corrected chi connectivity index (χ4v) is 3.97. The summed E-state index contributed by atoms with van der Waals surface area (Å²) in [6, 6.07) is 11.7. The van der Waals surface area contributed by atoms with Crippen LogP contribution in [0.5, 0.6) is 5.75 Å². The van der Waals surface area contributed by atoms with Crippen LogP contribution in [0.2, 0.25) is 0 Å². The number of benzene rings is 2. The van der Waals surface area contributed by atoms with Crippen LogP contribution < -0.4 is 10.5 Å². The van der Waals surface area contributed by atoms with Gasteiger partial charge in [0, 0.05) is 22.5 Å². The normalized spacial score (nSPS) is 12.0. The van der Waals surface area contributed by atoms with Gasteiger partial charge >= 0.3 is 6.18 Å². The zero-order valence-corrected chi connectivity index (χ0v) is 16.5. The molecule has 2 aromatic carbocycles. The molecule has 0 atom stereocenters. The van der Waals surface area contributed by atoms with Crippen LogP contribution in [0.15, 0.2) is 48.7 Å². The molecule has 0 fully saturated rings. The largest absolute Gasteiger partial charge is 0.494 e. The number of unbranched alkanes of at least 4 members (excludes halogenated alkanes) is 1. The summed E-state index contributed by atoms with van der Waals surface area (Å²) in [4.78, 5) is 7.51. The van der Waals surface area contributed by atoms with Crippen molar-refractivity contribution in [3.05, 3.63) is 59.8 Å². The maximum atomic E-state index is 13.7. The van der Waals surface area contributed by atoms with Crippen LogP contribution in [-0.2, 0) is 12.6 Å². The fourth-order valence-electron chi connectivity index (χ4n) is 3.97.